The zero-order valence-electron chi connectivity index (χ0n) is 13.9. The molecular weight excluding hydrogens is 375 g/mol. The molecule has 0 atom stereocenters. The third-order valence-electron chi connectivity index (χ3n) is 3.40. The van der Waals surface area contributed by atoms with Crippen molar-refractivity contribution in [2.75, 3.05) is 18.0 Å². The third-order valence-corrected chi connectivity index (χ3v) is 5.19. The van der Waals surface area contributed by atoms with E-state index in [4.69, 9.17) is 0 Å². The number of nitrogens with zero attached hydrogens (tertiary/aromatic N) is 2. The quantitative estimate of drug-likeness (QED) is 0.765. The first kappa shape index (κ1) is 19.8. The summed E-state index contributed by atoms with van der Waals surface area (Å²) in [4.78, 5) is 11.3. The maximum absolute atomic E-state index is 12.9. The summed E-state index contributed by atoms with van der Waals surface area (Å²) in [5.74, 6) is -1.12. The van der Waals surface area contributed by atoms with Crippen LogP contribution in [0.25, 0.3) is 0 Å². The normalized spacial score (nSPS) is 12.0. The van der Waals surface area contributed by atoms with Crippen molar-refractivity contribution in [3.05, 3.63) is 41.6 Å². The van der Waals surface area contributed by atoms with Crippen molar-refractivity contribution in [1.29, 1.82) is 0 Å². The van der Waals surface area contributed by atoms with Gasteiger partial charge in [0.2, 0.25) is 0 Å². The van der Waals surface area contributed by atoms with Crippen molar-refractivity contribution in [2.24, 2.45) is 0 Å². The van der Waals surface area contributed by atoms with Gasteiger partial charge in [0, 0.05) is 12.6 Å². The number of hydrogen-bond acceptors (Lipinski definition) is 5. The van der Waals surface area contributed by atoms with Gasteiger partial charge in [-0.3, -0.25) is 5.10 Å². The molecule has 0 saturated carbocycles. The Morgan fingerprint density at radius 2 is 2.00 bits per heavy atom. The lowest BCUT2D eigenvalue weighted by atomic mass is 10.2. The zero-order chi connectivity index (χ0) is 19.5. The van der Waals surface area contributed by atoms with E-state index in [1.165, 1.54) is 18.2 Å². The Kier molecular flexibility index (Phi) is 5.59. The molecule has 2 aromatic rings. The molecule has 0 fully saturated rings. The predicted molar refractivity (Wildman–Crippen MR) is 86.2 cm³/mol. The molecule has 2 rings (SSSR count). The molecule has 0 unspecified atom stereocenters. The number of methoxy groups -OCH3 is 1. The highest BCUT2D eigenvalue weighted by Crippen LogP contribution is 2.31. The number of rotatable bonds is 6. The van der Waals surface area contributed by atoms with Gasteiger partial charge in [0.05, 0.1) is 17.6 Å². The van der Waals surface area contributed by atoms with Gasteiger partial charge >= 0.3 is 12.1 Å². The van der Waals surface area contributed by atoms with Crippen molar-refractivity contribution < 1.29 is 31.1 Å². The molecule has 11 heteroatoms. The molecule has 0 spiro atoms. The van der Waals surface area contributed by atoms with Gasteiger partial charge in [-0.05, 0) is 24.6 Å². The van der Waals surface area contributed by atoms with E-state index in [2.05, 4.69) is 9.84 Å². The Morgan fingerprint density at radius 3 is 2.54 bits per heavy atom. The minimum Gasteiger partial charge on any atom is -0.465 e. The summed E-state index contributed by atoms with van der Waals surface area (Å²) in [5.41, 5.74) is -1.16. The van der Waals surface area contributed by atoms with Crippen molar-refractivity contribution in [1.82, 2.24) is 10.2 Å². The first-order valence-electron chi connectivity index (χ1n) is 7.45. The monoisotopic (exact) mass is 391 g/mol. The van der Waals surface area contributed by atoms with Gasteiger partial charge in [-0.2, -0.15) is 18.3 Å². The molecule has 142 valence electrons. The molecule has 0 bridgehead atoms. The predicted octanol–water partition coefficient (Wildman–Crippen LogP) is 2.82. The Hall–Kier alpha value is -2.56. The Balaban J connectivity index is 2.49. The van der Waals surface area contributed by atoms with Crippen LogP contribution in [-0.4, -0.2) is 38.2 Å². The lowest BCUT2D eigenvalue weighted by Gasteiger charge is -2.21. The van der Waals surface area contributed by atoms with Gasteiger partial charge in [-0.25, -0.2) is 17.5 Å². The number of aromatic amines is 1. The molecule has 1 N–H and O–H groups in total. The number of sulfonamides is 1. The summed E-state index contributed by atoms with van der Waals surface area (Å²) in [7, 11) is -3.09. The van der Waals surface area contributed by atoms with Crippen LogP contribution >= 0.6 is 0 Å². The molecule has 1 heterocycles. The SMILES string of the molecule is CCCN(c1cc(C(F)(F)F)[nH]n1)S(=O)(=O)c1cccc(C(=O)OC)c1. The minimum absolute atomic E-state index is 0.00281. The lowest BCUT2D eigenvalue weighted by Crippen LogP contribution is -2.32. The number of hydrogen-bond donors (Lipinski definition) is 1. The number of carbonyl (C=O) groups is 1. The maximum Gasteiger partial charge on any atom is 0.432 e. The summed E-state index contributed by atoms with van der Waals surface area (Å²) in [6, 6.07) is 5.67. The molecule has 0 aliphatic heterocycles. The Bertz CT molecular complexity index is 894. The van der Waals surface area contributed by atoms with Crippen LogP contribution in [0.3, 0.4) is 0 Å². The molecular formula is C15H16F3N3O4S. The molecule has 26 heavy (non-hydrogen) atoms. The molecule has 1 aromatic carbocycles. The van der Waals surface area contributed by atoms with Crippen molar-refractivity contribution in [3.63, 3.8) is 0 Å². The topological polar surface area (TPSA) is 92.4 Å². The number of alkyl halides is 3. The average Bonchev–Trinajstić information content (AvgIpc) is 3.08. The second kappa shape index (κ2) is 7.36. The fourth-order valence-electron chi connectivity index (χ4n) is 2.17. The first-order valence-corrected chi connectivity index (χ1v) is 8.89. The van der Waals surface area contributed by atoms with E-state index < -0.39 is 27.9 Å². The molecule has 0 aliphatic carbocycles. The van der Waals surface area contributed by atoms with Crippen LogP contribution in [0.4, 0.5) is 19.0 Å². The number of halogens is 3. The Morgan fingerprint density at radius 1 is 1.31 bits per heavy atom. The number of anilines is 1. The van der Waals surface area contributed by atoms with Gasteiger partial charge in [0.25, 0.3) is 10.0 Å². The van der Waals surface area contributed by atoms with Gasteiger partial charge in [0.15, 0.2) is 5.82 Å². The second-order valence-electron chi connectivity index (χ2n) is 5.23. The summed E-state index contributed by atoms with van der Waals surface area (Å²) in [6.07, 6.45) is -4.35. The van der Waals surface area contributed by atoms with Crippen LogP contribution in [0.15, 0.2) is 35.2 Å². The molecule has 1 aromatic heterocycles. The minimum atomic E-state index is -4.68. The number of H-pyrrole nitrogens is 1. The van der Waals surface area contributed by atoms with Crippen LogP contribution in [-0.2, 0) is 20.9 Å². The maximum atomic E-state index is 12.9. The van der Waals surface area contributed by atoms with Gasteiger partial charge in [-0.15, -0.1) is 0 Å². The Labute approximate surface area is 147 Å². The number of nitrogens with one attached hydrogen (secondary N) is 1. The number of benzene rings is 1. The van der Waals surface area contributed by atoms with Crippen molar-refractivity contribution in [3.8, 4) is 0 Å². The van der Waals surface area contributed by atoms with Crippen LogP contribution < -0.4 is 4.31 Å². The molecule has 0 aliphatic rings. The van der Waals surface area contributed by atoms with E-state index >= 15 is 0 Å². The number of aromatic nitrogens is 2. The summed E-state index contributed by atoms with van der Waals surface area (Å²) in [6.45, 7) is 1.58. The summed E-state index contributed by atoms with van der Waals surface area (Å²) in [5, 5.41) is 5.27. The molecule has 7 nitrogen and oxygen atoms in total. The average molecular weight is 391 g/mol. The number of esters is 1. The second-order valence-corrected chi connectivity index (χ2v) is 7.10. The number of ether oxygens (including phenoxy) is 1. The third kappa shape index (κ3) is 3.98. The molecule has 0 radical (unpaired) electrons. The summed E-state index contributed by atoms with van der Waals surface area (Å²) < 4.78 is 69.4. The fraction of sp³-hybridized carbons (Fsp3) is 0.333. The zero-order valence-corrected chi connectivity index (χ0v) is 14.7. The van der Waals surface area contributed by atoms with Crippen LogP contribution in [0, 0.1) is 0 Å². The van der Waals surface area contributed by atoms with E-state index in [0.717, 1.165) is 17.5 Å². The highest BCUT2D eigenvalue weighted by molar-refractivity contribution is 7.92. The van der Waals surface area contributed by atoms with E-state index in [1.54, 1.807) is 12.0 Å². The van der Waals surface area contributed by atoms with Crippen LogP contribution in [0.1, 0.15) is 29.4 Å². The van der Waals surface area contributed by atoms with Crippen molar-refractivity contribution >= 4 is 21.8 Å². The highest BCUT2D eigenvalue weighted by Gasteiger charge is 2.35. The van der Waals surface area contributed by atoms with Gasteiger partial charge in [-0.1, -0.05) is 13.0 Å². The largest absolute Gasteiger partial charge is 0.465 e. The van der Waals surface area contributed by atoms with E-state index in [9.17, 15) is 26.4 Å². The smallest absolute Gasteiger partial charge is 0.432 e. The highest BCUT2D eigenvalue weighted by atomic mass is 32.2. The van der Waals surface area contributed by atoms with E-state index in [0.29, 0.717) is 12.5 Å². The number of carbonyl (C=O) groups excluding carboxylic acids is 1. The van der Waals surface area contributed by atoms with E-state index in [-0.39, 0.29) is 22.8 Å². The standard InChI is InChI=1S/C15H16F3N3O4S/c1-3-7-21(13-9-12(19-20-13)15(16,17)18)26(23,24)11-6-4-5-10(8-11)14(22)25-2/h4-6,8-9H,3,7H2,1-2H3,(H,19,20). The van der Waals surface area contributed by atoms with E-state index in [1.807, 2.05) is 0 Å². The van der Waals surface area contributed by atoms with Gasteiger partial charge < -0.3 is 4.74 Å². The summed E-state index contributed by atoms with van der Waals surface area (Å²) >= 11 is 0. The van der Waals surface area contributed by atoms with Crippen LogP contribution in [0.5, 0.6) is 0 Å². The first-order chi connectivity index (χ1) is 12.1. The van der Waals surface area contributed by atoms with Gasteiger partial charge in [0.1, 0.15) is 5.69 Å². The molecule has 0 amide bonds. The lowest BCUT2D eigenvalue weighted by molar-refractivity contribution is -0.141. The molecule has 0 saturated heterocycles. The van der Waals surface area contributed by atoms with Crippen LogP contribution in [0.2, 0.25) is 0 Å². The fourth-order valence-corrected chi connectivity index (χ4v) is 3.72. The van der Waals surface area contributed by atoms with Crippen molar-refractivity contribution in [2.45, 2.75) is 24.4 Å².